The van der Waals surface area contributed by atoms with Gasteiger partial charge in [-0.25, -0.2) is 0 Å². The molecule has 1 aromatic carbocycles. The predicted octanol–water partition coefficient (Wildman–Crippen LogP) is 1.91. The zero-order valence-electron chi connectivity index (χ0n) is 8.52. The van der Waals surface area contributed by atoms with Crippen LogP contribution in [0.25, 0.3) is 10.8 Å². The Kier molecular flexibility index (Phi) is 2.72. The molecule has 1 heterocycles. The topological polar surface area (TPSA) is 48.0 Å². The fourth-order valence-corrected chi connectivity index (χ4v) is 1.71. The molecule has 78 valence electrons. The highest BCUT2D eigenvalue weighted by Crippen LogP contribution is 2.14. The molecule has 0 saturated heterocycles. The second-order valence-corrected chi connectivity index (χ2v) is 3.69. The third kappa shape index (κ3) is 2.37. The lowest BCUT2D eigenvalue weighted by Crippen LogP contribution is -2.11. The number of benzene rings is 1. The minimum absolute atomic E-state index is 0.230. The lowest BCUT2D eigenvalue weighted by Gasteiger charge is -1.99. The molecule has 0 aliphatic rings. The largest absolute Gasteiger partial charge is 0.370 e. The van der Waals surface area contributed by atoms with Crippen LogP contribution in [0.4, 0.5) is 0 Å². The Balaban J connectivity index is 2.05. The molecular weight excluding hydrogens is 188 g/mol. The predicted molar refractivity (Wildman–Crippen MR) is 60.4 cm³/mol. The molecule has 0 saturated carbocycles. The van der Waals surface area contributed by atoms with E-state index >= 15 is 0 Å². The summed E-state index contributed by atoms with van der Waals surface area (Å²) < 4.78 is 2.10. The third-order valence-corrected chi connectivity index (χ3v) is 2.45. The van der Waals surface area contributed by atoms with Gasteiger partial charge in [-0.1, -0.05) is 24.3 Å². The molecule has 0 fully saturated rings. The molecule has 1 aromatic heterocycles. The van der Waals surface area contributed by atoms with Crippen LogP contribution in [0.2, 0.25) is 0 Å². The monoisotopic (exact) mass is 202 g/mol. The zero-order valence-corrected chi connectivity index (χ0v) is 8.52. The molecule has 3 nitrogen and oxygen atoms in total. The van der Waals surface area contributed by atoms with Crippen molar-refractivity contribution in [2.75, 3.05) is 0 Å². The van der Waals surface area contributed by atoms with Crippen LogP contribution in [-0.2, 0) is 11.3 Å². The van der Waals surface area contributed by atoms with E-state index in [-0.39, 0.29) is 5.91 Å². The fourth-order valence-electron chi connectivity index (χ4n) is 1.71. The van der Waals surface area contributed by atoms with Crippen LogP contribution in [0.3, 0.4) is 0 Å². The first-order valence-corrected chi connectivity index (χ1v) is 5.08. The summed E-state index contributed by atoms with van der Waals surface area (Å²) in [5, 5.41) is 2.47. The van der Waals surface area contributed by atoms with E-state index in [2.05, 4.69) is 29.1 Å². The Morgan fingerprint density at radius 1 is 1.20 bits per heavy atom. The lowest BCUT2D eigenvalue weighted by molar-refractivity contribution is -0.118. The van der Waals surface area contributed by atoms with Gasteiger partial charge < -0.3 is 10.3 Å². The number of hydrogen-bond donors (Lipinski definition) is 1. The molecule has 0 unspecified atom stereocenters. The number of primary amides is 1. The van der Waals surface area contributed by atoms with Crippen molar-refractivity contribution in [3.8, 4) is 0 Å². The lowest BCUT2D eigenvalue weighted by atomic mass is 10.2. The van der Waals surface area contributed by atoms with Gasteiger partial charge in [0.1, 0.15) is 0 Å². The number of aromatic nitrogens is 1. The van der Waals surface area contributed by atoms with Crippen molar-refractivity contribution in [1.82, 2.24) is 4.57 Å². The smallest absolute Gasteiger partial charge is 0.217 e. The average molecular weight is 202 g/mol. The summed E-state index contributed by atoms with van der Waals surface area (Å²) in [5.41, 5.74) is 5.08. The van der Waals surface area contributed by atoms with E-state index in [4.69, 9.17) is 5.73 Å². The first-order valence-electron chi connectivity index (χ1n) is 5.08. The molecule has 3 heteroatoms. The Bertz CT molecular complexity index is 440. The van der Waals surface area contributed by atoms with Gasteiger partial charge in [-0.2, -0.15) is 0 Å². The highest BCUT2D eigenvalue weighted by atomic mass is 16.1. The van der Waals surface area contributed by atoms with Crippen molar-refractivity contribution in [3.63, 3.8) is 0 Å². The van der Waals surface area contributed by atoms with Gasteiger partial charge in [0.05, 0.1) is 0 Å². The highest BCUT2D eigenvalue weighted by Gasteiger charge is 1.98. The van der Waals surface area contributed by atoms with Crippen molar-refractivity contribution in [3.05, 3.63) is 36.7 Å². The zero-order chi connectivity index (χ0) is 10.7. The molecule has 0 aliphatic heterocycles. The van der Waals surface area contributed by atoms with Gasteiger partial charge in [0.2, 0.25) is 5.91 Å². The highest BCUT2D eigenvalue weighted by molar-refractivity contribution is 5.82. The minimum Gasteiger partial charge on any atom is -0.370 e. The molecule has 2 aromatic rings. The number of fused-ring (bicyclic) bond motifs is 1. The molecule has 0 radical (unpaired) electrons. The first-order chi connectivity index (χ1) is 7.25. The Morgan fingerprint density at radius 2 is 1.80 bits per heavy atom. The molecule has 0 spiro atoms. The number of carbonyl (C=O) groups is 1. The fraction of sp³-hybridized carbons (Fsp3) is 0.250. The molecule has 0 atom stereocenters. The van der Waals surface area contributed by atoms with E-state index in [9.17, 15) is 4.79 Å². The third-order valence-electron chi connectivity index (χ3n) is 2.45. The number of amides is 1. The van der Waals surface area contributed by atoms with Gasteiger partial charge in [0.15, 0.2) is 0 Å². The van der Waals surface area contributed by atoms with Gasteiger partial charge in [-0.05, 0) is 17.2 Å². The van der Waals surface area contributed by atoms with E-state index in [0.29, 0.717) is 6.42 Å². The van der Waals surface area contributed by atoms with E-state index in [1.54, 1.807) is 0 Å². The van der Waals surface area contributed by atoms with Crippen LogP contribution in [-0.4, -0.2) is 10.5 Å². The van der Waals surface area contributed by atoms with E-state index in [0.717, 1.165) is 13.0 Å². The van der Waals surface area contributed by atoms with Crippen molar-refractivity contribution < 1.29 is 4.79 Å². The molecule has 2 N–H and O–H groups in total. The van der Waals surface area contributed by atoms with Crippen LogP contribution in [0.15, 0.2) is 36.7 Å². The van der Waals surface area contributed by atoms with Crippen molar-refractivity contribution in [1.29, 1.82) is 0 Å². The minimum atomic E-state index is -0.230. The second-order valence-electron chi connectivity index (χ2n) is 3.69. The van der Waals surface area contributed by atoms with Gasteiger partial charge in [-0.3, -0.25) is 4.79 Å². The summed E-state index contributed by atoms with van der Waals surface area (Å²) >= 11 is 0. The van der Waals surface area contributed by atoms with E-state index < -0.39 is 0 Å². The van der Waals surface area contributed by atoms with Gasteiger partial charge in [-0.15, -0.1) is 0 Å². The van der Waals surface area contributed by atoms with Crippen molar-refractivity contribution >= 4 is 16.7 Å². The number of aryl methyl sites for hydroxylation is 1. The number of nitrogens with zero attached hydrogens (tertiary/aromatic N) is 1. The quantitative estimate of drug-likeness (QED) is 0.808. The van der Waals surface area contributed by atoms with E-state index in [1.807, 2.05) is 12.1 Å². The van der Waals surface area contributed by atoms with Crippen molar-refractivity contribution in [2.45, 2.75) is 19.4 Å². The number of hydrogen-bond acceptors (Lipinski definition) is 1. The summed E-state index contributed by atoms with van der Waals surface area (Å²) in [5.74, 6) is -0.230. The summed E-state index contributed by atoms with van der Waals surface area (Å²) in [7, 11) is 0. The summed E-state index contributed by atoms with van der Waals surface area (Å²) in [6.45, 7) is 0.845. The molecular formula is C12H14N2O. The first kappa shape index (κ1) is 9.77. The summed E-state index contributed by atoms with van der Waals surface area (Å²) in [4.78, 5) is 10.6. The SMILES string of the molecule is NC(=O)CCCn1cc2ccccc2c1. The van der Waals surface area contributed by atoms with Crippen LogP contribution >= 0.6 is 0 Å². The maximum Gasteiger partial charge on any atom is 0.217 e. The molecule has 15 heavy (non-hydrogen) atoms. The standard InChI is InChI=1S/C12H14N2O/c13-12(15)6-3-7-14-8-10-4-1-2-5-11(10)9-14/h1-2,4-5,8-9H,3,6-7H2,(H2,13,15). The molecule has 2 rings (SSSR count). The normalized spacial score (nSPS) is 10.7. The van der Waals surface area contributed by atoms with Crippen molar-refractivity contribution in [2.24, 2.45) is 5.73 Å². The van der Waals surface area contributed by atoms with E-state index in [1.165, 1.54) is 10.8 Å². The van der Waals surface area contributed by atoms with Crippen LogP contribution in [0, 0.1) is 0 Å². The maximum absolute atomic E-state index is 10.6. The average Bonchev–Trinajstić information content (AvgIpc) is 2.59. The molecule has 0 bridgehead atoms. The van der Waals surface area contributed by atoms with Gasteiger partial charge >= 0.3 is 0 Å². The maximum atomic E-state index is 10.6. The number of carbonyl (C=O) groups excluding carboxylic acids is 1. The Hall–Kier alpha value is -1.77. The van der Waals surface area contributed by atoms with Crippen LogP contribution < -0.4 is 5.73 Å². The number of nitrogens with two attached hydrogens (primary N) is 1. The second kappa shape index (κ2) is 4.17. The van der Waals surface area contributed by atoms with Gasteiger partial charge in [0.25, 0.3) is 0 Å². The summed E-state index contributed by atoms with van der Waals surface area (Å²) in [6.07, 6.45) is 5.44. The van der Waals surface area contributed by atoms with Crippen LogP contribution in [0.1, 0.15) is 12.8 Å². The van der Waals surface area contributed by atoms with Crippen LogP contribution in [0.5, 0.6) is 0 Å². The Labute approximate surface area is 88.5 Å². The number of rotatable bonds is 4. The summed E-state index contributed by atoms with van der Waals surface area (Å²) in [6, 6.07) is 8.21. The van der Waals surface area contributed by atoms with Gasteiger partial charge in [0, 0.05) is 25.4 Å². The molecule has 1 amide bonds. The Morgan fingerprint density at radius 3 is 2.33 bits per heavy atom. The molecule has 0 aliphatic carbocycles.